The van der Waals surface area contributed by atoms with Crippen LogP contribution in [0, 0.1) is 4.84 Å². The van der Waals surface area contributed by atoms with Crippen molar-refractivity contribution in [3.8, 4) is 22.6 Å². The van der Waals surface area contributed by atoms with Gasteiger partial charge in [-0.15, -0.1) is 0 Å². The van der Waals surface area contributed by atoms with E-state index < -0.39 is 0 Å². The summed E-state index contributed by atoms with van der Waals surface area (Å²) in [5.41, 5.74) is 5.45. The number of rotatable bonds is 8. The lowest BCUT2D eigenvalue weighted by Crippen LogP contribution is -2.21. The minimum absolute atomic E-state index is 0.394. The number of nitrogens with zero attached hydrogens (tertiary/aromatic N) is 2. The normalized spacial score (nSPS) is 10.9. The van der Waals surface area contributed by atoms with Crippen molar-refractivity contribution < 1.29 is 4.42 Å². The van der Waals surface area contributed by atoms with Crippen molar-refractivity contribution in [1.29, 1.82) is 0 Å². The van der Waals surface area contributed by atoms with Crippen molar-refractivity contribution in [2.75, 3.05) is 36.0 Å². The molecule has 0 aliphatic carbocycles. The van der Waals surface area contributed by atoms with E-state index in [1.165, 1.54) is 11.4 Å². The second-order valence-electron chi connectivity index (χ2n) is 6.66. The molecule has 0 atom stereocenters. The Kier molecular flexibility index (Phi) is 6.57. The van der Waals surface area contributed by atoms with Crippen LogP contribution < -0.4 is 9.80 Å². The van der Waals surface area contributed by atoms with E-state index in [9.17, 15) is 0 Å². The first-order chi connectivity index (χ1) is 13.6. The zero-order chi connectivity index (χ0) is 20.1. The van der Waals surface area contributed by atoms with E-state index in [-0.39, 0.29) is 0 Å². The number of hydrogen-bond donors (Lipinski definition) is 1. The molecule has 0 aliphatic rings. The van der Waals surface area contributed by atoms with Gasteiger partial charge in [0.05, 0.1) is 5.69 Å². The summed E-state index contributed by atoms with van der Waals surface area (Å²) < 4.78 is 5.86. The zero-order valence-electron chi connectivity index (χ0n) is 17.2. The maximum Gasteiger partial charge on any atom is 0.266 e. The van der Waals surface area contributed by atoms with Gasteiger partial charge < -0.3 is 19.2 Å². The van der Waals surface area contributed by atoms with E-state index in [0.717, 1.165) is 48.8 Å². The monoisotopic (exact) mass is 395 g/mol. The summed E-state index contributed by atoms with van der Waals surface area (Å²) in [6.45, 7) is 12.7. The maximum atomic E-state index is 5.86. The summed E-state index contributed by atoms with van der Waals surface area (Å²) >= 11 is 5.29. The van der Waals surface area contributed by atoms with E-state index in [0.29, 0.717) is 4.84 Å². The first kappa shape index (κ1) is 20.2. The fourth-order valence-corrected chi connectivity index (χ4v) is 3.76. The number of anilines is 2. The lowest BCUT2D eigenvalue weighted by atomic mass is 10.0. The first-order valence-corrected chi connectivity index (χ1v) is 10.5. The van der Waals surface area contributed by atoms with Crippen LogP contribution in [0.4, 0.5) is 11.4 Å². The molecular weight excluding hydrogens is 366 g/mol. The Morgan fingerprint density at radius 3 is 1.57 bits per heavy atom. The molecule has 0 bridgehead atoms. The van der Waals surface area contributed by atoms with Gasteiger partial charge in [0, 0.05) is 48.7 Å². The minimum Gasteiger partial charge on any atom is -0.429 e. The van der Waals surface area contributed by atoms with Gasteiger partial charge in [0.1, 0.15) is 0 Å². The van der Waals surface area contributed by atoms with Crippen molar-refractivity contribution >= 4 is 23.6 Å². The largest absolute Gasteiger partial charge is 0.429 e. The Morgan fingerprint density at radius 1 is 0.714 bits per heavy atom. The standard InChI is InChI=1S/C23H29N3OS/c1-5-25(6-2)19-13-9-17(10-14-19)21-22(27-23(28)24-21)18-11-15-20(16-12-18)26(7-3)8-4/h9-16H,5-8H2,1-4H3,(H,24,28). The average molecular weight is 396 g/mol. The topological polar surface area (TPSA) is 35.4 Å². The molecule has 0 amide bonds. The van der Waals surface area contributed by atoms with Crippen LogP contribution in [0.3, 0.4) is 0 Å². The van der Waals surface area contributed by atoms with Crippen LogP contribution in [0.15, 0.2) is 52.9 Å². The highest BCUT2D eigenvalue weighted by Crippen LogP contribution is 2.33. The molecule has 5 heteroatoms. The summed E-state index contributed by atoms with van der Waals surface area (Å²) in [4.78, 5) is 8.26. The second kappa shape index (κ2) is 9.11. The van der Waals surface area contributed by atoms with Crippen LogP contribution in [0.1, 0.15) is 27.7 Å². The van der Waals surface area contributed by atoms with Crippen molar-refractivity contribution in [2.45, 2.75) is 27.7 Å². The van der Waals surface area contributed by atoms with Crippen molar-refractivity contribution in [3.63, 3.8) is 0 Å². The van der Waals surface area contributed by atoms with E-state index >= 15 is 0 Å². The molecule has 0 saturated heterocycles. The van der Waals surface area contributed by atoms with Gasteiger partial charge in [0.25, 0.3) is 4.84 Å². The van der Waals surface area contributed by atoms with Gasteiger partial charge in [-0.2, -0.15) is 0 Å². The number of hydrogen-bond acceptors (Lipinski definition) is 4. The zero-order valence-corrected chi connectivity index (χ0v) is 18.0. The lowest BCUT2D eigenvalue weighted by Gasteiger charge is -2.21. The fraction of sp³-hybridized carbons (Fsp3) is 0.348. The molecule has 0 aliphatic heterocycles. The molecule has 2 aromatic carbocycles. The van der Waals surface area contributed by atoms with Crippen LogP contribution in [-0.2, 0) is 0 Å². The Hall–Kier alpha value is -2.53. The molecule has 0 fully saturated rings. The number of nitrogens with one attached hydrogen (secondary N) is 1. The second-order valence-corrected chi connectivity index (χ2v) is 7.03. The molecule has 0 spiro atoms. The molecular formula is C23H29N3OS. The molecule has 0 unspecified atom stereocenters. The van der Waals surface area contributed by atoms with E-state index in [1.54, 1.807) is 0 Å². The fourth-order valence-electron chi connectivity index (χ4n) is 3.57. The Bertz CT molecular complexity index is 857. The van der Waals surface area contributed by atoms with Crippen LogP contribution in [0.5, 0.6) is 0 Å². The smallest absolute Gasteiger partial charge is 0.266 e. The highest BCUT2D eigenvalue weighted by Gasteiger charge is 2.14. The highest BCUT2D eigenvalue weighted by molar-refractivity contribution is 7.71. The van der Waals surface area contributed by atoms with Crippen LogP contribution in [0.2, 0.25) is 0 Å². The van der Waals surface area contributed by atoms with Gasteiger partial charge in [-0.1, -0.05) is 12.1 Å². The third-order valence-corrected chi connectivity index (χ3v) is 5.38. The number of aromatic nitrogens is 1. The number of H-pyrrole nitrogens is 1. The third kappa shape index (κ3) is 4.14. The molecule has 0 saturated carbocycles. The van der Waals surface area contributed by atoms with Crippen molar-refractivity contribution in [1.82, 2.24) is 4.98 Å². The summed E-state index contributed by atoms with van der Waals surface area (Å²) in [6, 6.07) is 17.0. The molecule has 0 radical (unpaired) electrons. The third-order valence-electron chi connectivity index (χ3n) is 5.19. The predicted molar refractivity (Wildman–Crippen MR) is 122 cm³/mol. The quantitative estimate of drug-likeness (QED) is 0.450. The molecule has 3 aromatic rings. The Balaban J connectivity index is 1.94. The van der Waals surface area contributed by atoms with Gasteiger partial charge in [-0.05, 0) is 76.3 Å². The summed E-state index contributed by atoms with van der Waals surface area (Å²) in [5.74, 6) is 0.784. The first-order valence-electron chi connectivity index (χ1n) is 10.0. The molecule has 1 N–H and O–H groups in total. The summed E-state index contributed by atoms with van der Waals surface area (Å²) in [7, 11) is 0. The number of oxazole rings is 1. The average Bonchev–Trinajstić information content (AvgIpc) is 3.12. The van der Waals surface area contributed by atoms with Crippen LogP contribution in [-0.4, -0.2) is 31.2 Å². The van der Waals surface area contributed by atoms with Crippen molar-refractivity contribution in [3.05, 3.63) is 53.4 Å². The number of benzene rings is 2. The molecule has 1 aromatic heterocycles. The van der Waals surface area contributed by atoms with E-state index in [4.69, 9.17) is 16.6 Å². The van der Waals surface area contributed by atoms with Crippen molar-refractivity contribution in [2.24, 2.45) is 0 Å². The minimum atomic E-state index is 0.394. The SMILES string of the molecule is CCN(CC)c1ccc(-c2[nH]c(=S)oc2-c2ccc(N(CC)CC)cc2)cc1. The van der Waals surface area contributed by atoms with Gasteiger partial charge in [-0.3, -0.25) is 0 Å². The van der Waals surface area contributed by atoms with Gasteiger partial charge >= 0.3 is 0 Å². The maximum absolute atomic E-state index is 5.86. The predicted octanol–water partition coefficient (Wildman–Crippen LogP) is 6.36. The Morgan fingerprint density at radius 2 is 1.14 bits per heavy atom. The van der Waals surface area contributed by atoms with Gasteiger partial charge in [0.15, 0.2) is 5.76 Å². The molecule has 1 heterocycles. The summed E-state index contributed by atoms with van der Waals surface area (Å²) in [6.07, 6.45) is 0. The van der Waals surface area contributed by atoms with Crippen LogP contribution >= 0.6 is 12.2 Å². The Labute approximate surface area is 172 Å². The van der Waals surface area contributed by atoms with E-state index in [2.05, 4.69) is 91.0 Å². The summed E-state index contributed by atoms with van der Waals surface area (Å²) in [5, 5.41) is 0. The molecule has 28 heavy (non-hydrogen) atoms. The van der Waals surface area contributed by atoms with Gasteiger partial charge in [0.2, 0.25) is 0 Å². The lowest BCUT2D eigenvalue weighted by molar-refractivity contribution is 0.554. The number of aromatic amines is 1. The molecule has 3 rings (SSSR count). The molecule has 4 nitrogen and oxygen atoms in total. The van der Waals surface area contributed by atoms with Crippen LogP contribution in [0.25, 0.3) is 22.6 Å². The molecule has 148 valence electrons. The highest BCUT2D eigenvalue weighted by atomic mass is 32.1. The van der Waals surface area contributed by atoms with Gasteiger partial charge in [-0.25, -0.2) is 0 Å². The van der Waals surface area contributed by atoms with E-state index in [1.807, 2.05) is 0 Å².